The zero-order valence-corrected chi connectivity index (χ0v) is 15.9. The number of aromatic nitrogens is 2. The maximum Gasteiger partial charge on any atom is 0.244 e. The van der Waals surface area contributed by atoms with Gasteiger partial charge in [0.25, 0.3) is 0 Å². The summed E-state index contributed by atoms with van der Waals surface area (Å²) in [6.07, 6.45) is 4.49. The van der Waals surface area contributed by atoms with E-state index in [2.05, 4.69) is 20.7 Å². The van der Waals surface area contributed by atoms with Crippen molar-refractivity contribution in [2.75, 3.05) is 18.8 Å². The Labute approximate surface area is 158 Å². The van der Waals surface area contributed by atoms with E-state index in [0.29, 0.717) is 19.4 Å². The van der Waals surface area contributed by atoms with E-state index in [4.69, 9.17) is 0 Å². The molecule has 3 rings (SSSR count). The number of piperidine rings is 1. The van der Waals surface area contributed by atoms with Crippen LogP contribution in [-0.4, -0.2) is 53.9 Å². The van der Waals surface area contributed by atoms with Crippen molar-refractivity contribution >= 4 is 22.1 Å². The molecule has 144 valence electrons. The standard InChI is InChI=1S/C18H23N5O3S/c1-2-27(25,26)23-10-6-9-15(13-23)18(24)22-20-12-16-11-19-21-17(16)14-7-4-3-5-8-14/h3-5,7-8,11-12,15H,2,6,9-10,13H2,1H3,(H,19,21)(H,22,24)/b20-12-/t15-/m1/s1. The minimum atomic E-state index is -3.28. The normalized spacial score (nSPS) is 18.6. The number of carbonyl (C=O) groups is 1. The summed E-state index contributed by atoms with van der Waals surface area (Å²) in [5.74, 6) is -0.621. The number of amides is 1. The van der Waals surface area contributed by atoms with Crippen molar-refractivity contribution in [3.63, 3.8) is 0 Å². The van der Waals surface area contributed by atoms with Gasteiger partial charge >= 0.3 is 0 Å². The van der Waals surface area contributed by atoms with E-state index < -0.39 is 15.9 Å². The molecule has 27 heavy (non-hydrogen) atoms. The molecule has 1 fully saturated rings. The average molecular weight is 389 g/mol. The summed E-state index contributed by atoms with van der Waals surface area (Å²) in [6, 6.07) is 9.69. The Bertz CT molecular complexity index is 908. The highest BCUT2D eigenvalue weighted by Gasteiger charge is 2.31. The first-order valence-corrected chi connectivity index (χ1v) is 10.5. The maximum absolute atomic E-state index is 12.4. The summed E-state index contributed by atoms with van der Waals surface area (Å²) in [5.41, 5.74) is 5.06. The van der Waals surface area contributed by atoms with Crippen LogP contribution in [0.25, 0.3) is 11.3 Å². The monoisotopic (exact) mass is 389 g/mol. The van der Waals surface area contributed by atoms with E-state index in [-0.39, 0.29) is 18.2 Å². The van der Waals surface area contributed by atoms with Crippen LogP contribution in [0.15, 0.2) is 41.6 Å². The number of rotatable bonds is 6. The van der Waals surface area contributed by atoms with E-state index in [9.17, 15) is 13.2 Å². The highest BCUT2D eigenvalue weighted by molar-refractivity contribution is 7.89. The quantitative estimate of drug-likeness (QED) is 0.578. The summed E-state index contributed by atoms with van der Waals surface area (Å²) >= 11 is 0. The third kappa shape index (κ3) is 4.61. The van der Waals surface area contributed by atoms with Gasteiger partial charge < -0.3 is 0 Å². The van der Waals surface area contributed by atoms with Gasteiger partial charge in [0.05, 0.1) is 29.8 Å². The van der Waals surface area contributed by atoms with Crippen LogP contribution in [0.3, 0.4) is 0 Å². The molecule has 1 atom stereocenters. The third-order valence-corrected chi connectivity index (χ3v) is 6.47. The number of aromatic amines is 1. The van der Waals surface area contributed by atoms with Crippen LogP contribution in [-0.2, 0) is 14.8 Å². The van der Waals surface area contributed by atoms with Crippen LogP contribution in [0.1, 0.15) is 25.3 Å². The first-order chi connectivity index (χ1) is 13.0. The summed E-state index contributed by atoms with van der Waals surface area (Å²) in [6.45, 7) is 2.29. The Morgan fingerprint density at radius 1 is 1.41 bits per heavy atom. The molecule has 1 amide bonds. The van der Waals surface area contributed by atoms with E-state index in [1.54, 1.807) is 13.1 Å². The molecule has 0 aliphatic carbocycles. The van der Waals surface area contributed by atoms with Crippen molar-refractivity contribution in [1.29, 1.82) is 0 Å². The van der Waals surface area contributed by atoms with Gasteiger partial charge in [-0.15, -0.1) is 0 Å². The van der Waals surface area contributed by atoms with Gasteiger partial charge in [-0.05, 0) is 19.8 Å². The first-order valence-electron chi connectivity index (χ1n) is 8.91. The van der Waals surface area contributed by atoms with Crippen LogP contribution >= 0.6 is 0 Å². The molecule has 1 aromatic carbocycles. The van der Waals surface area contributed by atoms with Crippen molar-refractivity contribution in [2.45, 2.75) is 19.8 Å². The fraction of sp³-hybridized carbons (Fsp3) is 0.389. The zero-order chi connectivity index (χ0) is 19.3. The number of nitrogens with zero attached hydrogens (tertiary/aromatic N) is 3. The molecule has 2 N–H and O–H groups in total. The van der Waals surface area contributed by atoms with Crippen molar-refractivity contribution in [3.8, 4) is 11.3 Å². The van der Waals surface area contributed by atoms with Crippen LogP contribution in [0.4, 0.5) is 0 Å². The second kappa shape index (κ2) is 8.45. The molecule has 1 aromatic heterocycles. The number of benzene rings is 1. The van der Waals surface area contributed by atoms with Crippen molar-refractivity contribution in [3.05, 3.63) is 42.1 Å². The Morgan fingerprint density at radius 2 is 2.19 bits per heavy atom. The molecule has 0 saturated carbocycles. The smallest absolute Gasteiger partial charge is 0.244 e. The number of hydrazone groups is 1. The summed E-state index contributed by atoms with van der Waals surface area (Å²) in [4.78, 5) is 12.4. The van der Waals surface area contributed by atoms with E-state index in [0.717, 1.165) is 16.8 Å². The lowest BCUT2D eigenvalue weighted by Crippen LogP contribution is -2.45. The lowest BCUT2D eigenvalue weighted by atomic mass is 9.99. The number of carbonyl (C=O) groups excluding carboxylic acids is 1. The Kier molecular flexibility index (Phi) is 6.02. The molecule has 8 nitrogen and oxygen atoms in total. The van der Waals surface area contributed by atoms with Crippen LogP contribution in [0.2, 0.25) is 0 Å². The minimum Gasteiger partial charge on any atom is -0.277 e. The number of hydrogen-bond donors (Lipinski definition) is 2. The Balaban J connectivity index is 1.62. The second-order valence-electron chi connectivity index (χ2n) is 6.40. The lowest BCUT2D eigenvalue weighted by Gasteiger charge is -2.30. The van der Waals surface area contributed by atoms with Crippen molar-refractivity contribution < 1.29 is 13.2 Å². The predicted octanol–water partition coefficient (Wildman–Crippen LogP) is 1.59. The van der Waals surface area contributed by atoms with Crippen molar-refractivity contribution in [1.82, 2.24) is 19.9 Å². The predicted molar refractivity (Wildman–Crippen MR) is 104 cm³/mol. The minimum absolute atomic E-state index is 0.0439. The summed E-state index contributed by atoms with van der Waals surface area (Å²) in [7, 11) is -3.28. The van der Waals surface area contributed by atoms with Gasteiger partial charge in [0, 0.05) is 24.2 Å². The number of nitrogens with one attached hydrogen (secondary N) is 2. The maximum atomic E-state index is 12.4. The fourth-order valence-electron chi connectivity index (χ4n) is 3.08. The van der Waals surface area contributed by atoms with Crippen LogP contribution < -0.4 is 5.43 Å². The van der Waals surface area contributed by atoms with Gasteiger partial charge in [0.15, 0.2) is 0 Å². The molecule has 2 aromatic rings. The van der Waals surface area contributed by atoms with Gasteiger partial charge in [-0.3, -0.25) is 9.89 Å². The number of sulfonamides is 1. The topological polar surface area (TPSA) is 108 Å². The first kappa shape index (κ1) is 19.2. The van der Waals surface area contributed by atoms with Gasteiger partial charge in [0.2, 0.25) is 15.9 Å². The SMILES string of the molecule is CCS(=O)(=O)N1CCC[C@@H](C(=O)N/N=C\c2cn[nH]c2-c2ccccc2)C1. The zero-order valence-electron chi connectivity index (χ0n) is 15.1. The molecule has 0 unspecified atom stereocenters. The Hall–Kier alpha value is -2.52. The second-order valence-corrected chi connectivity index (χ2v) is 8.66. The third-order valence-electron chi connectivity index (χ3n) is 4.62. The number of hydrogen-bond acceptors (Lipinski definition) is 5. The van der Waals surface area contributed by atoms with E-state index >= 15 is 0 Å². The molecule has 0 spiro atoms. The molecule has 1 aliphatic rings. The Morgan fingerprint density at radius 3 is 2.93 bits per heavy atom. The van der Waals surface area contributed by atoms with E-state index in [1.807, 2.05) is 30.3 Å². The molecule has 1 saturated heterocycles. The van der Waals surface area contributed by atoms with Crippen LogP contribution in [0, 0.1) is 5.92 Å². The lowest BCUT2D eigenvalue weighted by molar-refractivity contribution is -0.126. The molecule has 0 bridgehead atoms. The molecule has 2 heterocycles. The molecule has 1 aliphatic heterocycles. The summed E-state index contributed by atoms with van der Waals surface area (Å²) in [5, 5.41) is 11.0. The van der Waals surface area contributed by atoms with Gasteiger partial charge in [-0.25, -0.2) is 18.1 Å². The molecule has 9 heteroatoms. The van der Waals surface area contributed by atoms with Gasteiger partial charge in [-0.1, -0.05) is 30.3 Å². The molecular weight excluding hydrogens is 366 g/mol. The molecular formula is C18H23N5O3S. The van der Waals surface area contributed by atoms with Crippen molar-refractivity contribution in [2.24, 2.45) is 11.0 Å². The van der Waals surface area contributed by atoms with Gasteiger partial charge in [0.1, 0.15) is 0 Å². The fourth-order valence-corrected chi connectivity index (χ4v) is 4.26. The number of H-pyrrole nitrogens is 1. The average Bonchev–Trinajstić information content (AvgIpc) is 3.17. The highest BCUT2D eigenvalue weighted by atomic mass is 32.2. The van der Waals surface area contributed by atoms with Gasteiger partial charge in [-0.2, -0.15) is 10.2 Å². The highest BCUT2D eigenvalue weighted by Crippen LogP contribution is 2.20. The largest absolute Gasteiger partial charge is 0.277 e. The molecule has 0 radical (unpaired) electrons. The van der Waals surface area contributed by atoms with Crippen LogP contribution in [0.5, 0.6) is 0 Å². The summed E-state index contributed by atoms with van der Waals surface area (Å²) < 4.78 is 25.4. The van der Waals surface area contributed by atoms with E-state index in [1.165, 1.54) is 10.5 Å².